The molecule has 2 aromatic rings. The van der Waals surface area contributed by atoms with Crippen LogP contribution in [0.2, 0.25) is 0 Å². The third-order valence-corrected chi connectivity index (χ3v) is 5.38. The van der Waals surface area contributed by atoms with Crippen LogP contribution in [-0.4, -0.2) is 18.3 Å². The summed E-state index contributed by atoms with van der Waals surface area (Å²) in [6, 6.07) is 18.0. The normalized spacial score (nSPS) is 28.1. The lowest BCUT2D eigenvalue weighted by Gasteiger charge is -2.35. The molecule has 4 rings (SSSR count). The Morgan fingerprint density at radius 2 is 1.52 bits per heavy atom. The highest BCUT2D eigenvalue weighted by molar-refractivity contribution is 5.47. The SMILES string of the molecule is CC1=CC(C)CC1(O)c1ccccc1C1(c2ccccc2)OCCO1. The van der Waals surface area contributed by atoms with Gasteiger partial charge in [-0.25, -0.2) is 0 Å². The van der Waals surface area contributed by atoms with Crippen LogP contribution in [0, 0.1) is 5.92 Å². The minimum absolute atomic E-state index is 0.344. The summed E-state index contributed by atoms with van der Waals surface area (Å²) in [6.45, 7) is 5.21. The Balaban J connectivity index is 1.90. The van der Waals surface area contributed by atoms with Crippen molar-refractivity contribution >= 4 is 0 Å². The van der Waals surface area contributed by atoms with Gasteiger partial charge in [0.15, 0.2) is 0 Å². The Morgan fingerprint density at radius 3 is 2.12 bits per heavy atom. The molecule has 1 aliphatic heterocycles. The second kappa shape index (κ2) is 6.10. The first kappa shape index (κ1) is 16.5. The van der Waals surface area contributed by atoms with Crippen molar-refractivity contribution in [2.45, 2.75) is 31.7 Å². The molecule has 130 valence electrons. The van der Waals surface area contributed by atoms with Gasteiger partial charge >= 0.3 is 0 Å². The average Bonchev–Trinajstić information content (AvgIpc) is 3.22. The summed E-state index contributed by atoms with van der Waals surface area (Å²) >= 11 is 0. The highest BCUT2D eigenvalue weighted by Crippen LogP contribution is 2.48. The first-order chi connectivity index (χ1) is 12.1. The number of ether oxygens (including phenoxy) is 2. The summed E-state index contributed by atoms with van der Waals surface area (Å²) in [6.07, 6.45) is 2.84. The molecule has 1 fully saturated rings. The molecule has 2 aliphatic rings. The van der Waals surface area contributed by atoms with Crippen LogP contribution < -0.4 is 0 Å². The monoisotopic (exact) mass is 336 g/mol. The third kappa shape index (κ3) is 2.54. The lowest BCUT2D eigenvalue weighted by Crippen LogP contribution is -2.35. The molecule has 1 aliphatic carbocycles. The van der Waals surface area contributed by atoms with E-state index in [2.05, 4.69) is 13.0 Å². The minimum atomic E-state index is -0.979. The second-order valence-electron chi connectivity index (χ2n) is 7.12. The molecular weight excluding hydrogens is 312 g/mol. The van der Waals surface area contributed by atoms with E-state index in [4.69, 9.17) is 9.47 Å². The van der Waals surface area contributed by atoms with E-state index in [0.29, 0.717) is 25.6 Å². The predicted molar refractivity (Wildman–Crippen MR) is 97.0 cm³/mol. The Kier molecular flexibility index (Phi) is 4.03. The van der Waals surface area contributed by atoms with Gasteiger partial charge in [0.05, 0.1) is 13.2 Å². The number of hydrogen-bond acceptors (Lipinski definition) is 3. The van der Waals surface area contributed by atoms with Gasteiger partial charge in [-0.15, -0.1) is 0 Å². The van der Waals surface area contributed by atoms with Gasteiger partial charge in [0.2, 0.25) is 5.79 Å². The van der Waals surface area contributed by atoms with Gasteiger partial charge in [0.1, 0.15) is 5.60 Å². The van der Waals surface area contributed by atoms with Crippen LogP contribution in [-0.2, 0) is 20.9 Å². The van der Waals surface area contributed by atoms with Crippen LogP contribution in [0.1, 0.15) is 37.0 Å². The van der Waals surface area contributed by atoms with Crippen molar-refractivity contribution in [3.8, 4) is 0 Å². The Hall–Kier alpha value is -1.94. The second-order valence-corrected chi connectivity index (χ2v) is 7.12. The topological polar surface area (TPSA) is 38.7 Å². The fourth-order valence-corrected chi connectivity index (χ4v) is 4.25. The van der Waals surface area contributed by atoms with Crippen LogP contribution in [0.3, 0.4) is 0 Å². The van der Waals surface area contributed by atoms with E-state index < -0.39 is 11.4 Å². The molecule has 0 bridgehead atoms. The van der Waals surface area contributed by atoms with Crippen molar-refractivity contribution in [1.82, 2.24) is 0 Å². The molecule has 3 nitrogen and oxygen atoms in total. The van der Waals surface area contributed by atoms with Crippen molar-refractivity contribution in [3.63, 3.8) is 0 Å². The Bertz CT molecular complexity index is 790. The summed E-state index contributed by atoms with van der Waals surface area (Å²) in [4.78, 5) is 0. The van der Waals surface area contributed by atoms with Gasteiger partial charge < -0.3 is 14.6 Å². The summed E-state index contributed by atoms with van der Waals surface area (Å²) in [5, 5.41) is 11.5. The number of benzene rings is 2. The molecule has 2 unspecified atom stereocenters. The maximum atomic E-state index is 11.5. The van der Waals surface area contributed by atoms with E-state index in [1.807, 2.05) is 61.5 Å². The van der Waals surface area contributed by atoms with Crippen molar-refractivity contribution < 1.29 is 14.6 Å². The van der Waals surface area contributed by atoms with E-state index in [1.165, 1.54) is 0 Å². The van der Waals surface area contributed by atoms with Crippen LogP contribution in [0.15, 0.2) is 66.2 Å². The number of rotatable bonds is 3. The minimum Gasteiger partial charge on any atom is -0.381 e. The van der Waals surface area contributed by atoms with Gasteiger partial charge in [-0.1, -0.05) is 67.6 Å². The summed E-state index contributed by atoms with van der Waals surface area (Å²) in [5.41, 5.74) is 2.74. The lowest BCUT2D eigenvalue weighted by molar-refractivity contribution is -0.132. The Labute approximate surface area is 148 Å². The van der Waals surface area contributed by atoms with Gasteiger partial charge in [-0.2, -0.15) is 0 Å². The summed E-state index contributed by atoms with van der Waals surface area (Å²) in [7, 11) is 0. The molecule has 25 heavy (non-hydrogen) atoms. The molecule has 1 saturated heterocycles. The lowest BCUT2D eigenvalue weighted by atomic mass is 9.80. The predicted octanol–water partition coefficient (Wildman–Crippen LogP) is 4.11. The standard InChI is InChI=1S/C22H24O3/c1-16-14-17(2)21(23,15-16)19-10-6-7-11-20(19)22(24-12-13-25-22)18-8-4-3-5-9-18/h3-11,14,16,23H,12-13,15H2,1-2H3. The molecule has 0 aromatic heterocycles. The number of allylic oxidation sites excluding steroid dienone is 1. The van der Waals surface area contributed by atoms with Gasteiger partial charge in [0, 0.05) is 11.1 Å². The van der Waals surface area contributed by atoms with Crippen molar-refractivity contribution in [3.05, 3.63) is 82.9 Å². The highest BCUT2D eigenvalue weighted by Gasteiger charge is 2.47. The smallest absolute Gasteiger partial charge is 0.222 e. The maximum absolute atomic E-state index is 11.5. The Morgan fingerprint density at radius 1 is 0.920 bits per heavy atom. The molecular formula is C22H24O3. The molecule has 0 radical (unpaired) electrons. The largest absolute Gasteiger partial charge is 0.381 e. The number of aliphatic hydroxyl groups is 1. The molecule has 1 heterocycles. The zero-order valence-electron chi connectivity index (χ0n) is 14.7. The average molecular weight is 336 g/mol. The van der Waals surface area contributed by atoms with E-state index in [-0.39, 0.29) is 0 Å². The highest BCUT2D eigenvalue weighted by atomic mass is 16.7. The number of hydrogen-bond donors (Lipinski definition) is 1. The van der Waals surface area contributed by atoms with E-state index in [1.54, 1.807) is 0 Å². The summed E-state index contributed by atoms with van der Waals surface area (Å²) in [5.74, 6) is -0.615. The quantitative estimate of drug-likeness (QED) is 0.858. The molecule has 0 saturated carbocycles. The van der Waals surface area contributed by atoms with E-state index in [0.717, 1.165) is 22.3 Å². The molecule has 1 N–H and O–H groups in total. The zero-order chi connectivity index (χ0) is 17.5. The van der Waals surface area contributed by atoms with Crippen LogP contribution in [0.4, 0.5) is 0 Å². The molecule has 3 heteroatoms. The van der Waals surface area contributed by atoms with Crippen molar-refractivity contribution in [2.24, 2.45) is 5.92 Å². The van der Waals surface area contributed by atoms with Crippen LogP contribution >= 0.6 is 0 Å². The molecule has 0 spiro atoms. The van der Waals surface area contributed by atoms with Gasteiger partial charge in [0.25, 0.3) is 0 Å². The first-order valence-electron chi connectivity index (χ1n) is 8.91. The van der Waals surface area contributed by atoms with Gasteiger partial charge in [-0.05, 0) is 30.4 Å². The maximum Gasteiger partial charge on any atom is 0.222 e. The van der Waals surface area contributed by atoms with E-state index >= 15 is 0 Å². The summed E-state index contributed by atoms with van der Waals surface area (Å²) < 4.78 is 12.3. The van der Waals surface area contributed by atoms with Crippen molar-refractivity contribution in [1.29, 1.82) is 0 Å². The fourth-order valence-electron chi connectivity index (χ4n) is 4.25. The van der Waals surface area contributed by atoms with Crippen LogP contribution in [0.5, 0.6) is 0 Å². The zero-order valence-corrected chi connectivity index (χ0v) is 14.7. The van der Waals surface area contributed by atoms with Crippen LogP contribution in [0.25, 0.3) is 0 Å². The van der Waals surface area contributed by atoms with Gasteiger partial charge in [-0.3, -0.25) is 0 Å². The first-order valence-corrected chi connectivity index (χ1v) is 8.91. The van der Waals surface area contributed by atoms with Crippen molar-refractivity contribution in [2.75, 3.05) is 13.2 Å². The van der Waals surface area contributed by atoms with E-state index in [9.17, 15) is 5.11 Å². The molecule has 2 aromatic carbocycles. The molecule has 0 amide bonds. The molecule has 2 atom stereocenters. The fraction of sp³-hybridized carbons (Fsp3) is 0.364. The third-order valence-electron chi connectivity index (χ3n) is 5.38.